The summed E-state index contributed by atoms with van der Waals surface area (Å²) < 4.78 is 25.3. The van der Waals surface area contributed by atoms with Gasteiger partial charge in [-0.25, -0.2) is 28.8 Å². The highest BCUT2D eigenvalue weighted by Gasteiger charge is 1.96. The Hall–Kier alpha value is -3.96. The average molecular weight is 432 g/mol. The number of ether oxygens (including phenoxy) is 6. The van der Waals surface area contributed by atoms with Crippen LogP contribution >= 0.6 is 0 Å². The van der Waals surface area contributed by atoms with Crippen LogP contribution in [0.5, 0.6) is 0 Å². The van der Waals surface area contributed by atoms with Gasteiger partial charge >= 0.3 is 35.8 Å². The number of methoxy groups -OCH3 is 6. The van der Waals surface area contributed by atoms with Crippen LogP contribution in [0.15, 0.2) is 36.5 Å². The summed E-state index contributed by atoms with van der Waals surface area (Å²) in [4.78, 5) is 61.9. The smallest absolute Gasteiger partial charge is 0.330 e. The van der Waals surface area contributed by atoms with Gasteiger partial charge in [0.1, 0.15) is 0 Å². The van der Waals surface area contributed by atoms with Gasteiger partial charge in [0.15, 0.2) is 0 Å². The Bertz CT molecular complexity index is 514. The third-order valence-electron chi connectivity index (χ3n) is 2.27. The second kappa shape index (κ2) is 21.3. The first-order valence-electron chi connectivity index (χ1n) is 7.63. The Morgan fingerprint density at radius 3 is 0.500 bits per heavy atom. The Kier molecular flexibility index (Phi) is 21.9. The molecule has 0 aromatic rings. The number of esters is 6. The Morgan fingerprint density at radius 2 is 0.433 bits per heavy atom. The number of carbonyl (C=O) groups excluding carboxylic acids is 6. The van der Waals surface area contributed by atoms with Gasteiger partial charge in [-0.05, 0) is 0 Å². The molecule has 0 N–H and O–H groups in total. The van der Waals surface area contributed by atoms with Crippen molar-refractivity contribution in [2.45, 2.75) is 0 Å². The zero-order valence-corrected chi connectivity index (χ0v) is 17.4. The first kappa shape index (κ1) is 30.8. The van der Waals surface area contributed by atoms with Crippen molar-refractivity contribution in [1.82, 2.24) is 0 Å². The molecule has 30 heavy (non-hydrogen) atoms. The number of hydrogen-bond acceptors (Lipinski definition) is 12. The minimum atomic E-state index is -0.578. The predicted molar refractivity (Wildman–Crippen MR) is 99.5 cm³/mol. The van der Waals surface area contributed by atoms with Crippen molar-refractivity contribution >= 4 is 35.8 Å². The summed E-state index contributed by atoms with van der Waals surface area (Å²) in [6, 6.07) is 0. The van der Waals surface area contributed by atoms with Crippen molar-refractivity contribution in [2.75, 3.05) is 42.7 Å². The second-order valence-corrected chi connectivity index (χ2v) is 4.14. The van der Waals surface area contributed by atoms with Crippen LogP contribution in [0.2, 0.25) is 0 Å². The van der Waals surface area contributed by atoms with Gasteiger partial charge < -0.3 is 28.4 Å². The first-order valence-corrected chi connectivity index (χ1v) is 7.63. The number of carbonyl (C=O) groups is 6. The van der Waals surface area contributed by atoms with E-state index in [0.29, 0.717) is 0 Å². The number of rotatable bonds is 6. The molecule has 0 aliphatic rings. The molecule has 0 rings (SSSR count). The van der Waals surface area contributed by atoms with Crippen molar-refractivity contribution in [3.8, 4) is 0 Å². The lowest BCUT2D eigenvalue weighted by molar-refractivity contribution is -0.137. The van der Waals surface area contributed by atoms with Gasteiger partial charge in [-0.3, -0.25) is 0 Å². The molecule has 0 saturated carbocycles. The van der Waals surface area contributed by atoms with Crippen LogP contribution in [0, 0.1) is 0 Å². The lowest BCUT2D eigenvalue weighted by Gasteiger charge is -1.89. The average Bonchev–Trinajstić information content (AvgIpc) is 2.78. The highest BCUT2D eigenvalue weighted by Crippen LogP contribution is 1.81. The van der Waals surface area contributed by atoms with Gasteiger partial charge in [-0.2, -0.15) is 0 Å². The zero-order chi connectivity index (χ0) is 23.9. The second-order valence-electron chi connectivity index (χ2n) is 4.14. The molecule has 168 valence electrons. The minimum Gasteiger partial charge on any atom is -0.466 e. The standard InChI is InChI=1S/3C6H8O4/c3*1-9-5(7)3-4-6(8)10-2/h3*3-4H,1-2H3/b3*4-3+. The lowest BCUT2D eigenvalue weighted by atomic mass is 10.5. The summed E-state index contributed by atoms with van der Waals surface area (Å²) in [7, 11) is 7.36. The van der Waals surface area contributed by atoms with Crippen LogP contribution in [0.3, 0.4) is 0 Å². The summed E-state index contributed by atoms with van der Waals surface area (Å²) in [5, 5.41) is 0. The van der Waals surface area contributed by atoms with Crippen LogP contribution in [-0.4, -0.2) is 78.5 Å². The third-order valence-corrected chi connectivity index (χ3v) is 2.27. The first-order chi connectivity index (χ1) is 14.1. The molecule has 0 bridgehead atoms. The van der Waals surface area contributed by atoms with Gasteiger partial charge in [-0.15, -0.1) is 0 Å². The van der Waals surface area contributed by atoms with Gasteiger partial charge in [0.2, 0.25) is 0 Å². The summed E-state index contributed by atoms with van der Waals surface area (Å²) in [5.41, 5.74) is 0. The maximum Gasteiger partial charge on any atom is 0.330 e. The van der Waals surface area contributed by atoms with E-state index >= 15 is 0 Å². The van der Waals surface area contributed by atoms with Gasteiger partial charge in [0.05, 0.1) is 42.7 Å². The van der Waals surface area contributed by atoms with E-state index in [2.05, 4.69) is 28.4 Å². The van der Waals surface area contributed by atoms with Gasteiger partial charge in [0, 0.05) is 36.5 Å². The molecule has 0 unspecified atom stereocenters. The monoisotopic (exact) mass is 432 g/mol. The summed E-state index contributed by atoms with van der Waals surface area (Å²) >= 11 is 0. The van der Waals surface area contributed by atoms with Crippen LogP contribution in [0.1, 0.15) is 0 Å². The molecule has 0 aliphatic carbocycles. The molecule has 0 fully saturated rings. The van der Waals surface area contributed by atoms with Gasteiger partial charge in [-0.1, -0.05) is 0 Å². The van der Waals surface area contributed by atoms with Crippen molar-refractivity contribution in [2.24, 2.45) is 0 Å². The lowest BCUT2D eigenvalue weighted by Crippen LogP contribution is -1.98. The fraction of sp³-hybridized carbons (Fsp3) is 0.333. The minimum absolute atomic E-state index is 0.578. The van der Waals surface area contributed by atoms with E-state index in [4.69, 9.17) is 0 Å². The molecular weight excluding hydrogens is 408 g/mol. The molecule has 0 atom stereocenters. The fourth-order valence-corrected chi connectivity index (χ4v) is 0.816. The quantitative estimate of drug-likeness (QED) is 0.306. The predicted octanol–water partition coefficient (Wildman–Crippen LogP) is -0.334. The van der Waals surface area contributed by atoms with E-state index < -0.39 is 35.8 Å². The highest BCUT2D eigenvalue weighted by atomic mass is 16.5. The van der Waals surface area contributed by atoms with E-state index in [1.165, 1.54) is 42.7 Å². The molecule has 0 amide bonds. The molecular formula is C18H24O12. The van der Waals surface area contributed by atoms with Crippen molar-refractivity contribution in [3.63, 3.8) is 0 Å². The molecule has 0 radical (unpaired) electrons. The zero-order valence-electron chi connectivity index (χ0n) is 17.4. The van der Waals surface area contributed by atoms with E-state index in [1.807, 2.05) is 0 Å². The van der Waals surface area contributed by atoms with Crippen molar-refractivity contribution in [3.05, 3.63) is 36.5 Å². The van der Waals surface area contributed by atoms with Crippen molar-refractivity contribution in [1.29, 1.82) is 0 Å². The summed E-state index contributed by atoms with van der Waals surface area (Å²) in [5.74, 6) is -3.47. The fourth-order valence-electron chi connectivity index (χ4n) is 0.816. The Labute approximate surface area is 173 Å². The third kappa shape index (κ3) is 24.0. The molecule has 0 spiro atoms. The Balaban J connectivity index is -0.000000364. The largest absolute Gasteiger partial charge is 0.466 e. The normalized spacial score (nSPS) is 9.40. The topological polar surface area (TPSA) is 158 Å². The molecule has 12 nitrogen and oxygen atoms in total. The van der Waals surface area contributed by atoms with Crippen LogP contribution in [-0.2, 0) is 57.2 Å². The van der Waals surface area contributed by atoms with E-state index in [0.717, 1.165) is 36.5 Å². The molecule has 0 aliphatic heterocycles. The summed E-state index contributed by atoms with van der Waals surface area (Å²) in [6.45, 7) is 0. The SMILES string of the molecule is COC(=O)/C=C/C(=O)OC.COC(=O)/C=C/C(=O)OC.COC(=O)/C=C/C(=O)OC. The molecule has 0 aromatic carbocycles. The maximum absolute atomic E-state index is 10.3. The maximum atomic E-state index is 10.3. The molecule has 0 heterocycles. The molecule has 0 aromatic heterocycles. The van der Waals surface area contributed by atoms with E-state index in [-0.39, 0.29) is 0 Å². The van der Waals surface area contributed by atoms with E-state index in [1.54, 1.807) is 0 Å². The van der Waals surface area contributed by atoms with Gasteiger partial charge in [0.25, 0.3) is 0 Å². The van der Waals surface area contributed by atoms with Crippen molar-refractivity contribution < 1.29 is 57.2 Å². The summed E-state index contributed by atoms with van der Waals surface area (Å²) in [6.07, 6.45) is 5.95. The van der Waals surface area contributed by atoms with Crippen LogP contribution < -0.4 is 0 Å². The van der Waals surface area contributed by atoms with Crippen LogP contribution in [0.4, 0.5) is 0 Å². The molecule has 12 heteroatoms. The highest BCUT2D eigenvalue weighted by molar-refractivity contribution is 5.92. The van der Waals surface area contributed by atoms with Crippen LogP contribution in [0.25, 0.3) is 0 Å². The molecule has 0 saturated heterocycles. The van der Waals surface area contributed by atoms with E-state index in [9.17, 15) is 28.8 Å². The Morgan fingerprint density at radius 1 is 0.333 bits per heavy atom. The number of hydrogen-bond donors (Lipinski definition) is 0.